The first kappa shape index (κ1) is 16.6. The molecule has 3 rings (SSSR count). The molecule has 0 aliphatic rings. The van der Waals surface area contributed by atoms with E-state index in [0.29, 0.717) is 0 Å². The zero-order valence-electron chi connectivity index (χ0n) is 14.6. The minimum atomic E-state index is 0.775. The van der Waals surface area contributed by atoms with Gasteiger partial charge in [-0.1, -0.05) is 37.3 Å². The fourth-order valence-electron chi connectivity index (χ4n) is 2.99. The first-order valence-corrected chi connectivity index (χ1v) is 8.76. The third-order valence-electron chi connectivity index (χ3n) is 4.28. The van der Waals surface area contributed by atoms with Crippen LogP contribution in [0.25, 0.3) is 10.9 Å². The average molecular weight is 322 g/mol. The molecule has 0 atom stereocenters. The predicted molar refractivity (Wildman–Crippen MR) is 101 cm³/mol. The van der Waals surface area contributed by atoms with Crippen molar-refractivity contribution in [2.75, 3.05) is 13.2 Å². The highest BCUT2D eigenvalue weighted by molar-refractivity contribution is 5.85. The van der Waals surface area contributed by atoms with Gasteiger partial charge in [0.25, 0.3) is 0 Å². The molecule has 1 aromatic heterocycles. The summed E-state index contributed by atoms with van der Waals surface area (Å²) in [7, 11) is 0. The molecule has 3 heteroatoms. The normalized spacial score (nSPS) is 11.1. The molecule has 0 spiro atoms. The zero-order valence-corrected chi connectivity index (χ0v) is 14.6. The van der Waals surface area contributed by atoms with E-state index in [-0.39, 0.29) is 0 Å². The van der Waals surface area contributed by atoms with Crippen LogP contribution in [-0.4, -0.2) is 18.1 Å². The molecule has 2 aromatic carbocycles. The lowest BCUT2D eigenvalue weighted by atomic mass is 10.1. The number of benzene rings is 2. The van der Waals surface area contributed by atoms with Crippen LogP contribution in [0.3, 0.4) is 0 Å². The molecular formula is C21H26N2O. The highest BCUT2D eigenvalue weighted by Crippen LogP contribution is 2.21. The second-order valence-electron chi connectivity index (χ2n) is 6.23. The standard InChI is InChI=1S/C21H26N2O/c1-3-12-24-19-8-5-7-17(13-19)14-22-11-10-18-15-23-21-16(2)6-4-9-20(18)21/h4-9,13,15,22-23H,3,10-12,14H2,1-2H3. The van der Waals surface area contributed by atoms with Crippen molar-refractivity contribution in [2.24, 2.45) is 0 Å². The molecule has 0 saturated carbocycles. The number of hydrogen-bond donors (Lipinski definition) is 2. The molecule has 0 fully saturated rings. The van der Waals surface area contributed by atoms with E-state index in [1.54, 1.807) is 0 Å². The molecule has 126 valence electrons. The highest BCUT2D eigenvalue weighted by atomic mass is 16.5. The Labute approximate surface area is 144 Å². The Balaban J connectivity index is 1.52. The summed E-state index contributed by atoms with van der Waals surface area (Å²) in [6.45, 7) is 6.87. The third kappa shape index (κ3) is 3.98. The number of para-hydroxylation sites is 1. The number of hydrogen-bond acceptors (Lipinski definition) is 2. The third-order valence-corrected chi connectivity index (χ3v) is 4.28. The van der Waals surface area contributed by atoms with Crippen LogP contribution in [0.1, 0.15) is 30.0 Å². The lowest BCUT2D eigenvalue weighted by Gasteiger charge is -2.08. The van der Waals surface area contributed by atoms with Crippen molar-refractivity contribution < 1.29 is 4.74 Å². The highest BCUT2D eigenvalue weighted by Gasteiger charge is 2.05. The largest absolute Gasteiger partial charge is 0.494 e. The van der Waals surface area contributed by atoms with Gasteiger partial charge in [-0.3, -0.25) is 0 Å². The van der Waals surface area contributed by atoms with E-state index in [1.165, 1.54) is 27.6 Å². The second kappa shape index (κ2) is 8.02. The molecule has 1 heterocycles. The summed E-state index contributed by atoms with van der Waals surface area (Å²) in [5.41, 5.74) is 5.20. The van der Waals surface area contributed by atoms with E-state index in [4.69, 9.17) is 4.74 Å². The Hall–Kier alpha value is -2.26. The fourth-order valence-corrected chi connectivity index (χ4v) is 2.99. The van der Waals surface area contributed by atoms with E-state index in [1.807, 2.05) is 6.07 Å². The van der Waals surface area contributed by atoms with Gasteiger partial charge in [0.05, 0.1) is 6.61 Å². The summed E-state index contributed by atoms with van der Waals surface area (Å²) < 4.78 is 5.69. The molecule has 3 nitrogen and oxygen atoms in total. The van der Waals surface area contributed by atoms with Crippen LogP contribution in [0.4, 0.5) is 0 Å². The van der Waals surface area contributed by atoms with Gasteiger partial charge in [-0.25, -0.2) is 0 Å². The first-order chi connectivity index (χ1) is 11.8. The lowest BCUT2D eigenvalue weighted by molar-refractivity contribution is 0.317. The van der Waals surface area contributed by atoms with Crippen LogP contribution in [0.5, 0.6) is 5.75 Å². The minimum Gasteiger partial charge on any atom is -0.494 e. The number of rotatable bonds is 8. The van der Waals surface area contributed by atoms with E-state index in [2.05, 4.69) is 66.7 Å². The van der Waals surface area contributed by atoms with Gasteiger partial charge in [-0.15, -0.1) is 0 Å². The van der Waals surface area contributed by atoms with Gasteiger partial charge in [0.1, 0.15) is 5.75 Å². The van der Waals surface area contributed by atoms with Crippen molar-refractivity contribution in [3.05, 3.63) is 65.4 Å². The van der Waals surface area contributed by atoms with Crippen LogP contribution in [-0.2, 0) is 13.0 Å². The van der Waals surface area contributed by atoms with E-state index in [0.717, 1.165) is 38.3 Å². The van der Waals surface area contributed by atoms with Crippen molar-refractivity contribution in [3.63, 3.8) is 0 Å². The molecule has 2 N–H and O–H groups in total. The molecule has 0 bridgehead atoms. The quantitative estimate of drug-likeness (QED) is 0.595. The number of ether oxygens (including phenoxy) is 1. The first-order valence-electron chi connectivity index (χ1n) is 8.76. The summed E-state index contributed by atoms with van der Waals surface area (Å²) >= 11 is 0. The second-order valence-corrected chi connectivity index (χ2v) is 6.23. The van der Waals surface area contributed by atoms with Gasteiger partial charge >= 0.3 is 0 Å². The van der Waals surface area contributed by atoms with Crippen LogP contribution in [0.15, 0.2) is 48.7 Å². The van der Waals surface area contributed by atoms with Crippen LogP contribution in [0.2, 0.25) is 0 Å². The van der Waals surface area contributed by atoms with Gasteiger partial charge in [0, 0.05) is 23.6 Å². The molecule has 0 radical (unpaired) electrons. The SMILES string of the molecule is CCCOc1cccc(CNCCc2c[nH]c3c(C)cccc23)c1. The summed E-state index contributed by atoms with van der Waals surface area (Å²) in [4.78, 5) is 3.40. The van der Waals surface area contributed by atoms with Crippen molar-refractivity contribution in [1.29, 1.82) is 0 Å². The number of fused-ring (bicyclic) bond motifs is 1. The molecule has 3 aromatic rings. The Morgan fingerprint density at radius 3 is 2.88 bits per heavy atom. The Kier molecular flexibility index (Phi) is 5.55. The number of aromatic nitrogens is 1. The Bertz CT molecular complexity index is 791. The molecule has 24 heavy (non-hydrogen) atoms. The zero-order chi connectivity index (χ0) is 16.8. The fraction of sp³-hybridized carbons (Fsp3) is 0.333. The molecular weight excluding hydrogens is 296 g/mol. The van der Waals surface area contributed by atoms with E-state index in [9.17, 15) is 0 Å². The minimum absolute atomic E-state index is 0.775. The summed E-state index contributed by atoms with van der Waals surface area (Å²) in [5.74, 6) is 0.961. The summed E-state index contributed by atoms with van der Waals surface area (Å²) in [5, 5.41) is 4.87. The van der Waals surface area contributed by atoms with Gasteiger partial charge in [0.2, 0.25) is 0 Å². The monoisotopic (exact) mass is 322 g/mol. The molecule has 0 unspecified atom stereocenters. The van der Waals surface area contributed by atoms with Crippen molar-refractivity contribution in [2.45, 2.75) is 33.2 Å². The van der Waals surface area contributed by atoms with Gasteiger partial charge in [0.15, 0.2) is 0 Å². The maximum absolute atomic E-state index is 5.69. The Morgan fingerprint density at radius 1 is 1.12 bits per heavy atom. The number of nitrogens with one attached hydrogen (secondary N) is 2. The summed E-state index contributed by atoms with van der Waals surface area (Å²) in [6, 6.07) is 14.8. The number of H-pyrrole nitrogens is 1. The van der Waals surface area contributed by atoms with Gasteiger partial charge in [-0.2, -0.15) is 0 Å². The smallest absolute Gasteiger partial charge is 0.119 e. The van der Waals surface area contributed by atoms with E-state index < -0.39 is 0 Å². The number of aromatic amines is 1. The summed E-state index contributed by atoms with van der Waals surface area (Å²) in [6.07, 6.45) is 4.20. The van der Waals surface area contributed by atoms with E-state index >= 15 is 0 Å². The Morgan fingerprint density at radius 2 is 2.00 bits per heavy atom. The molecule has 0 aliphatic carbocycles. The maximum Gasteiger partial charge on any atom is 0.119 e. The predicted octanol–water partition coefficient (Wildman–Crippen LogP) is 4.60. The lowest BCUT2D eigenvalue weighted by Crippen LogP contribution is -2.16. The molecule has 0 saturated heterocycles. The van der Waals surface area contributed by atoms with Crippen molar-refractivity contribution >= 4 is 10.9 Å². The number of aryl methyl sites for hydroxylation is 1. The van der Waals surface area contributed by atoms with Crippen molar-refractivity contribution in [3.8, 4) is 5.75 Å². The van der Waals surface area contributed by atoms with Gasteiger partial charge < -0.3 is 15.0 Å². The van der Waals surface area contributed by atoms with Crippen LogP contribution >= 0.6 is 0 Å². The molecule has 0 aliphatic heterocycles. The van der Waals surface area contributed by atoms with Crippen LogP contribution < -0.4 is 10.1 Å². The molecule has 0 amide bonds. The van der Waals surface area contributed by atoms with Crippen LogP contribution in [0, 0.1) is 6.92 Å². The average Bonchev–Trinajstić information content (AvgIpc) is 3.02. The van der Waals surface area contributed by atoms with Gasteiger partial charge in [-0.05, 0) is 55.1 Å². The van der Waals surface area contributed by atoms with Crippen molar-refractivity contribution in [1.82, 2.24) is 10.3 Å². The maximum atomic E-state index is 5.69. The topological polar surface area (TPSA) is 37.0 Å².